The van der Waals surface area contributed by atoms with Gasteiger partial charge in [0, 0.05) is 44.1 Å². The van der Waals surface area contributed by atoms with Gasteiger partial charge >= 0.3 is 12.4 Å². The predicted molar refractivity (Wildman–Crippen MR) is 184 cm³/mol. The summed E-state index contributed by atoms with van der Waals surface area (Å²) in [5.74, 6) is -1.93. The summed E-state index contributed by atoms with van der Waals surface area (Å²) in [6, 6.07) is 3.60. The highest BCUT2D eigenvalue weighted by atomic mass is 127. The summed E-state index contributed by atoms with van der Waals surface area (Å²) in [6.07, 6.45) is -1.97. The number of aromatic nitrogens is 2. The maximum Gasteiger partial charge on any atom is 0.319 e. The number of alkyl halides is 3. The molecule has 0 radical (unpaired) electrons. The summed E-state index contributed by atoms with van der Waals surface area (Å²) in [4.78, 5) is 26.8. The van der Waals surface area contributed by atoms with Crippen molar-refractivity contribution < 1.29 is 36.2 Å². The molecule has 8 rings (SSSR count). The van der Waals surface area contributed by atoms with Crippen molar-refractivity contribution in [1.29, 1.82) is 0 Å². The van der Waals surface area contributed by atoms with Crippen LogP contribution in [0.1, 0.15) is 32.1 Å². The molecule has 0 spiro atoms. The van der Waals surface area contributed by atoms with Crippen molar-refractivity contribution >= 4 is 71.6 Å². The van der Waals surface area contributed by atoms with Crippen molar-refractivity contribution in [2.45, 2.75) is 62.4 Å². The van der Waals surface area contributed by atoms with Crippen LogP contribution in [0.2, 0.25) is 0 Å². The molecule has 2 aromatic carbocycles. The fourth-order valence-corrected chi connectivity index (χ4v) is 9.92. The number of amides is 1. The van der Waals surface area contributed by atoms with Crippen LogP contribution in [0.5, 0.6) is 11.8 Å². The van der Waals surface area contributed by atoms with E-state index >= 15 is 4.39 Å². The Hall–Kier alpha value is -3.25. The van der Waals surface area contributed by atoms with E-state index in [0.29, 0.717) is 51.1 Å². The number of benzene rings is 2. The number of carbonyl (C=O) groups is 1. The number of ether oxygens (including phenoxy) is 2. The van der Waals surface area contributed by atoms with Gasteiger partial charge < -0.3 is 25.0 Å². The second-order valence-corrected chi connectivity index (χ2v) is 15.5. The average Bonchev–Trinajstić information content (AvgIpc) is 3.66. The van der Waals surface area contributed by atoms with Gasteiger partial charge in [-0.1, -0.05) is 6.07 Å². The normalized spacial score (nSPS) is 25.4. The van der Waals surface area contributed by atoms with Crippen molar-refractivity contribution in [1.82, 2.24) is 19.8 Å². The van der Waals surface area contributed by atoms with E-state index in [0.717, 1.165) is 35.6 Å². The van der Waals surface area contributed by atoms with Gasteiger partial charge in [0.15, 0.2) is 5.82 Å². The molecule has 4 atom stereocenters. The van der Waals surface area contributed by atoms with Gasteiger partial charge in [-0.2, -0.15) is 18.7 Å². The lowest BCUT2D eigenvalue weighted by Crippen LogP contribution is -2.51. The van der Waals surface area contributed by atoms with E-state index in [1.54, 1.807) is 18.0 Å². The number of hydrogen-bond acceptors (Lipinski definition) is 9. The molecule has 2 N–H and O–H groups in total. The van der Waals surface area contributed by atoms with Gasteiger partial charge in [-0.3, -0.25) is 9.69 Å². The van der Waals surface area contributed by atoms with Crippen molar-refractivity contribution in [2.24, 2.45) is 0 Å². The molecule has 6 heterocycles. The number of nitrogen functional groups attached to an aromatic ring is 1. The second kappa shape index (κ2) is 12.2. The number of likely N-dealkylation sites (tertiary alicyclic amines) is 1. The number of anilines is 2. The van der Waals surface area contributed by atoms with Crippen LogP contribution in [0.4, 0.5) is 32.8 Å². The summed E-state index contributed by atoms with van der Waals surface area (Å²) in [5.41, 5.74) is 5.96. The summed E-state index contributed by atoms with van der Waals surface area (Å²) in [5, 5.41) is 1.05. The molecular formula is C33H32F5IN6O3S. The average molecular weight is 815 g/mol. The largest absolute Gasteiger partial charge is 0.486 e. The number of nitrogens with zero attached hydrogens (tertiary/aromatic N) is 5. The highest BCUT2D eigenvalue weighted by Gasteiger charge is 2.49. The van der Waals surface area contributed by atoms with Crippen molar-refractivity contribution in [3.63, 3.8) is 0 Å². The van der Waals surface area contributed by atoms with Gasteiger partial charge in [0.2, 0.25) is 0 Å². The van der Waals surface area contributed by atoms with Crippen LogP contribution in [0.3, 0.4) is 0 Å². The number of thiophene rings is 1. The third kappa shape index (κ3) is 5.34. The number of carbonyl (C=O) groups excluding carboxylic acids is 1. The zero-order chi connectivity index (χ0) is 34.4. The Morgan fingerprint density at radius 1 is 1.22 bits per heavy atom. The van der Waals surface area contributed by atoms with E-state index in [1.807, 2.05) is 22.6 Å². The van der Waals surface area contributed by atoms with E-state index in [4.69, 9.17) is 20.2 Å². The zero-order valence-corrected chi connectivity index (χ0v) is 29.3. The lowest BCUT2D eigenvalue weighted by molar-refractivity contribution is -0.143. The molecule has 3 saturated heterocycles. The van der Waals surface area contributed by atoms with Gasteiger partial charge in [-0.25, -0.2) is 13.2 Å². The number of rotatable bonds is 5. The van der Waals surface area contributed by atoms with E-state index in [1.165, 1.54) is 12.1 Å². The molecule has 1 amide bonds. The molecule has 0 saturated carbocycles. The lowest BCUT2D eigenvalue weighted by atomic mass is 9.95. The minimum Gasteiger partial charge on any atom is -0.486 e. The van der Waals surface area contributed by atoms with Crippen molar-refractivity contribution in [2.75, 3.05) is 50.5 Å². The predicted octanol–water partition coefficient (Wildman–Crippen LogP) is 6.39. The SMILES string of the molecule is CN1c2nc(OC[C@@]34CCCN3C[C@H](F)C4)nc3c(F)c(-c4ccc(F)c5sc(N)cc45)c(I)c(c23)OC2CCCN(C(=O)C(F)F)CC21. The number of nitrogens with two attached hydrogens (primary N) is 1. The second-order valence-electron chi connectivity index (χ2n) is 13.3. The number of likely N-dealkylation sites (N-methyl/N-ethyl adjacent to an activating group) is 1. The lowest BCUT2D eigenvalue weighted by Gasteiger charge is -2.34. The first-order valence-electron chi connectivity index (χ1n) is 16.1. The third-order valence-electron chi connectivity index (χ3n) is 10.4. The molecule has 2 aromatic heterocycles. The van der Waals surface area contributed by atoms with Crippen LogP contribution >= 0.6 is 33.9 Å². The van der Waals surface area contributed by atoms with Crippen LogP contribution in [0.25, 0.3) is 32.1 Å². The standard InChI is InChI=1S/C33H32F5IN6O3S/c1-43-19-13-44(31(46)29(37)38)8-2-4-20(19)48-27-23-26(24(36)22(25(27)39)16-5-6-18(35)28-17(16)10-21(40)49-28)41-32(42-30(23)43)47-14-33-7-3-9-45(33)12-15(34)11-33/h5-6,10,15,19-20,29H,2-4,7-9,11-14,40H2,1H3/t15-,19?,20?,33+/m1/s1. The fourth-order valence-electron chi connectivity index (χ4n) is 8.14. The monoisotopic (exact) mass is 814 g/mol. The summed E-state index contributed by atoms with van der Waals surface area (Å²) < 4.78 is 87.4. The maximum atomic E-state index is 17.2. The minimum atomic E-state index is -3.16. The summed E-state index contributed by atoms with van der Waals surface area (Å²) >= 11 is 3.07. The van der Waals surface area contributed by atoms with Crippen LogP contribution < -0.4 is 20.1 Å². The number of fused-ring (bicyclic) bond motifs is 3. The highest BCUT2D eigenvalue weighted by Crippen LogP contribution is 2.50. The number of hydrogen-bond donors (Lipinski definition) is 1. The van der Waals surface area contributed by atoms with E-state index in [-0.39, 0.29) is 52.7 Å². The molecule has 3 fully saturated rings. The zero-order valence-electron chi connectivity index (χ0n) is 26.3. The summed E-state index contributed by atoms with van der Waals surface area (Å²) in [7, 11) is 1.70. The van der Waals surface area contributed by atoms with E-state index in [9.17, 15) is 22.4 Å². The smallest absolute Gasteiger partial charge is 0.319 e. The molecule has 2 unspecified atom stereocenters. The first-order chi connectivity index (χ1) is 23.5. The molecule has 16 heteroatoms. The van der Waals surface area contributed by atoms with Gasteiger partial charge in [0.1, 0.15) is 41.8 Å². The molecule has 4 aromatic rings. The van der Waals surface area contributed by atoms with Crippen LogP contribution in [-0.4, -0.2) is 95.8 Å². The molecule has 260 valence electrons. The summed E-state index contributed by atoms with van der Waals surface area (Å²) in [6.45, 7) is 1.22. The quantitative estimate of drug-likeness (QED) is 0.183. The van der Waals surface area contributed by atoms with Crippen LogP contribution in [-0.2, 0) is 4.79 Å². The number of halogens is 6. The van der Waals surface area contributed by atoms with Crippen molar-refractivity contribution in [3.8, 4) is 22.9 Å². The topological polar surface area (TPSA) is 97.1 Å². The fraction of sp³-hybridized carbons (Fsp3) is 0.485. The van der Waals surface area contributed by atoms with Gasteiger partial charge in [0.05, 0.1) is 30.2 Å². The Labute approximate surface area is 295 Å². The van der Waals surface area contributed by atoms with Crippen LogP contribution in [0, 0.1) is 15.2 Å². The molecular weight excluding hydrogens is 782 g/mol. The highest BCUT2D eigenvalue weighted by molar-refractivity contribution is 14.1. The Kier molecular flexibility index (Phi) is 8.21. The van der Waals surface area contributed by atoms with Gasteiger partial charge in [0.25, 0.3) is 5.91 Å². The molecule has 49 heavy (non-hydrogen) atoms. The van der Waals surface area contributed by atoms with E-state index in [2.05, 4.69) is 9.88 Å². The Morgan fingerprint density at radius 3 is 2.84 bits per heavy atom. The first kappa shape index (κ1) is 32.9. The van der Waals surface area contributed by atoms with Gasteiger partial charge in [-0.05, 0) is 72.5 Å². The molecule has 0 bridgehead atoms. The molecule has 4 aliphatic rings. The molecule has 9 nitrogen and oxygen atoms in total. The Morgan fingerprint density at radius 2 is 2.04 bits per heavy atom. The Bertz CT molecular complexity index is 2000. The maximum absolute atomic E-state index is 17.2. The molecule has 0 aliphatic carbocycles. The Balaban J connectivity index is 1.31. The van der Waals surface area contributed by atoms with E-state index < -0.39 is 47.8 Å². The first-order valence-corrected chi connectivity index (χ1v) is 18.0. The molecule has 4 aliphatic heterocycles. The minimum absolute atomic E-state index is 0.0747. The van der Waals surface area contributed by atoms with Crippen molar-refractivity contribution in [3.05, 3.63) is 33.4 Å². The third-order valence-corrected chi connectivity index (χ3v) is 12.5. The van der Waals surface area contributed by atoms with Crippen LogP contribution in [0.15, 0.2) is 18.2 Å². The van der Waals surface area contributed by atoms with Gasteiger partial charge in [-0.15, -0.1) is 11.3 Å².